The molecule has 2 N–H and O–H groups in total. The highest BCUT2D eigenvalue weighted by Gasteiger charge is 2.12. The van der Waals surface area contributed by atoms with Gasteiger partial charge in [-0.1, -0.05) is 127 Å². The molecule has 0 saturated carbocycles. The molecule has 232 valence electrons. The van der Waals surface area contributed by atoms with Gasteiger partial charge in [-0.3, -0.25) is 9.59 Å². The van der Waals surface area contributed by atoms with Gasteiger partial charge >= 0.3 is 11.9 Å². The standard InChI is InChI=1S/C34H60O6/c1-3-5-7-8-9-10-13-16-19-23-27-33(37)39-29-32(36)30-40-34(38)28-24-20-17-14-11-12-15-18-22-26-31(35)25-21-6-4-2/h6,15,18,21-22,26,31-32,35-36H,3-5,7-14,16-17,19-20,23-25,27-30H2,1-2H3/b18-15+,21-6+,26-22+/t31?,32-/m1/s1. The summed E-state index contributed by atoms with van der Waals surface area (Å²) in [5.74, 6) is -0.621. The van der Waals surface area contributed by atoms with Crippen molar-refractivity contribution in [3.63, 3.8) is 0 Å². The molecule has 0 aliphatic heterocycles. The van der Waals surface area contributed by atoms with Gasteiger partial charge in [-0.05, 0) is 38.5 Å². The second kappa shape index (κ2) is 30.0. The Kier molecular flexibility index (Phi) is 28.6. The van der Waals surface area contributed by atoms with Crippen molar-refractivity contribution >= 4 is 11.9 Å². The minimum Gasteiger partial charge on any atom is -0.463 e. The van der Waals surface area contributed by atoms with E-state index < -0.39 is 12.2 Å². The van der Waals surface area contributed by atoms with Gasteiger partial charge in [0.25, 0.3) is 0 Å². The van der Waals surface area contributed by atoms with Crippen molar-refractivity contribution in [3.8, 4) is 0 Å². The summed E-state index contributed by atoms with van der Waals surface area (Å²) in [7, 11) is 0. The smallest absolute Gasteiger partial charge is 0.305 e. The summed E-state index contributed by atoms with van der Waals surface area (Å²) in [6.45, 7) is 4.03. The zero-order valence-corrected chi connectivity index (χ0v) is 25.7. The largest absolute Gasteiger partial charge is 0.463 e. The molecule has 0 aromatic carbocycles. The first-order chi connectivity index (χ1) is 19.5. The SMILES string of the molecule is CC/C=C/CC(O)/C=C/C=C/CCCCCCCC(=O)OC[C@H](O)COC(=O)CCCCCCCCCCCC. The van der Waals surface area contributed by atoms with E-state index in [1.54, 1.807) is 6.08 Å². The normalized spacial score (nSPS) is 13.4. The second-order valence-corrected chi connectivity index (χ2v) is 10.8. The summed E-state index contributed by atoms with van der Waals surface area (Å²) in [5, 5.41) is 19.7. The lowest BCUT2D eigenvalue weighted by Gasteiger charge is -2.12. The third-order valence-corrected chi connectivity index (χ3v) is 6.72. The number of hydrogen-bond donors (Lipinski definition) is 2. The summed E-state index contributed by atoms with van der Waals surface area (Å²) < 4.78 is 10.2. The van der Waals surface area contributed by atoms with Crippen LogP contribution < -0.4 is 0 Å². The third kappa shape index (κ3) is 29.1. The minimum absolute atomic E-state index is 0.134. The Hall–Kier alpha value is -1.92. The van der Waals surface area contributed by atoms with Crippen LogP contribution in [0.3, 0.4) is 0 Å². The number of unbranched alkanes of at least 4 members (excludes halogenated alkanes) is 14. The van der Waals surface area contributed by atoms with Crippen LogP contribution in [-0.4, -0.2) is 47.6 Å². The van der Waals surface area contributed by atoms with E-state index in [9.17, 15) is 19.8 Å². The van der Waals surface area contributed by atoms with E-state index >= 15 is 0 Å². The van der Waals surface area contributed by atoms with Crippen LogP contribution in [0.25, 0.3) is 0 Å². The Morgan fingerprint density at radius 1 is 0.625 bits per heavy atom. The number of carbonyl (C=O) groups excluding carboxylic acids is 2. The fourth-order valence-electron chi connectivity index (χ4n) is 4.24. The molecule has 0 bridgehead atoms. The quantitative estimate of drug-likeness (QED) is 0.0430. The predicted molar refractivity (Wildman–Crippen MR) is 165 cm³/mol. The zero-order valence-electron chi connectivity index (χ0n) is 25.7. The molecule has 2 atom stereocenters. The van der Waals surface area contributed by atoms with E-state index in [0.29, 0.717) is 19.3 Å². The highest BCUT2D eigenvalue weighted by atomic mass is 16.6. The topological polar surface area (TPSA) is 93.1 Å². The highest BCUT2D eigenvalue weighted by molar-refractivity contribution is 5.69. The molecule has 0 aliphatic rings. The summed E-state index contributed by atoms with van der Waals surface area (Å²) >= 11 is 0. The molecule has 0 amide bonds. The van der Waals surface area contributed by atoms with Crippen molar-refractivity contribution in [2.45, 2.75) is 154 Å². The molecule has 6 nitrogen and oxygen atoms in total. The molecular weight excluding hydrogens is 504 g/mol. The van der Waals surface area contributed by atoms with Crippen molar-refractivity contribution in [2.75, 3.05) is 13.2 Å². The van der Waals surface area contributed by atoms with Gasteiger partial charge in [0.2, 0.25) is 0 Å². The van der Waals surface area contributed by atoms with Crippen molar-refractivity contribution in [3.05, 3.63) is 36.5 Å². The molecule has 0 fully saturated rings. The number of carbonyl (C=O) groups is 2. The maximum atomic E-state index is 11.9. The first kappa shape index (κ1) is 38.1. The van der Waals surface area contributed by atoms with Gasteiger partial charge < -0.3 is 19.7 Å². The van der Waals surface area contributed by atoms with Crippen LogP contribution in [0.1, 0.15) is 142 Å². The molecule has 0 saturated heterocycles. The summed E-state index contributed by atoms with van der Waals surface area (Å²) in [6.07, 6.45) is 30.9. The first-order valence-electron chi connectivity index (χ1n) is 16.1. The highest BCUT2D eigenvalue weighted by Crippen LogP contribution is 2.12. The van der Waals surface area contributed by atoms with E-state index in [-0.39, 0.29) is 25.2 Å². The van der Waals surface area contributed by atoms with Crippen molar-refractivity contribution in [1.29, 1.82) is 0 Å². The van der Waals surface area contributed by atoms with E-state index in [0.717, 1.165) is 64.2 Å². The van der Waals surface area contributed by atoms with Gasteiger partial charge in [0, 0.05) is 12.8 Å². The van der Waals surface area contributed by atoms with Crippen molar-refractivity contribution < 1.29 is 29.3 Å². The van der Waals surface area contributed by atoms with Gasteiger partial charge in [0.1, 0.15) is 19.3 Å². The van der Waals surface area contributed by atoms with E-state index in [4.69, 9.17) is 9.47 Å². The molecule has 0 aromatic rings. The first-order valence-corrected chi connectivity index (χ1v) is 16.1. The number of ether oxygens (including phenoxy) is 2. The van der Waals surface area contributed by atoms with Crippen LogP contribution >= 0.6 is 0 Å². The van der Waals surface area contributed by atoms with Crippen LogP contribution in [0, 0.1) is 0 Å². The lowest BCUT2D eigenvalue weighted by atomic mass is 10.1. The van der Waals surface area contributed by atoms with E-state index in [2.05, 4.69) is 26.0 Å². The van der Waals surface area contributed by atoms with Gasteiger partial charge in [-0.15, -0.1) is 0 Å². The van der Waals surface area contributed by atoms with Gasteiger partial charge in [0.15, 0.2) is 0 Å². The van der Waals surface area contributed by atoms with Crippen LogP contribution in [0.15, 0.2) is 36.5 Å². The van der Waals surface area contributed by atoms with Gasteiger partial charge in [-0.25, -0.2) is 0 Å². The number of rotatable bonds is 28. The summed E-state index contributed by atoms with van der Waals surface area (Å²) in [6, 6.07) is 0. The molecular formula is C34H60O6. The summed E-state index contributed by atoms with van der Waals surface area (Å²) in [4.78, 5) is 23.7. The number of aliphatic hydroxyl groups is 2. The number of esters is 2. The molecule has 0 spiro atoms. The lowest BCUT2D eigenvalue weighted by molar-refractivity contribution is -0.152. The number of hydrogen-bond acceptors (Lipinski definition) is 6. The Morgan fingerprint density at radius 2 is 1.12 bits per heavy atom. The Morgan fingerprint density at radius 3 is 1.65 bits per heavy atom. The third-order valence-electron chi connectivity index (χ3n) is 6.72. The second-order valence-electron chi connectivity index (χ2n) is 10.8. The van der Waals surface area contributed by atoms with E-state index in [1.807, 2.05) is 18.2 Å². The lowest BCUT2D eigenvalue weighted by Crippen LogP contribution is -2.25. The van der Waals surface area contributed by atoms with Crippen molar-refractivity contribution in [1.82, 2.24) is 0 Å². The van der Waals surface area contributed by atoms with Gasteiger partial charge in [0.05, 0.1) is 6.10 Å². The van der Waals surface area contributed by atoms with Crippen LogP contribution in [-0.2, 0) is 19.1 Å². The molecule has 0 radical (unpaired) electrons. The zero-order chi connectivity index (χ0) is 29.5. The molecule has 0 heterocycles. The molecule has 0 aromatic heterocycles. The molecule has 1 unspecified atom stereocenters. The van der Waals surface area contributed by atoms with Crippen LogP contribution in [0.5, 0.6) is 0 Å². The molecule has 6 heteroatoms. The average Bonchev–Trinajstić information content (AvgIpc) is 2.94. The average molecular weight is 565 g/mol. The Balaban J connectivity index is 3.55. The Bertz CT molecular complexity index is 669. The molecule has 0 aliphatic carbocycles. The van der Waals surface area contributed by atoms with Crippen LogP contribution in [0.2, 0.25) is 0 Å². The maximum absolute atomic E-state index is 11.9. The van der Waals surface area contributed by atoms with Crippen molar-refractivity contribution in [2.24, 2.45) is 0 Å². The number of aliphatic hydroxyl groups excluding tert-OH is 2. The fraction of sp³-hybridized carbons (Fsp3) is 0.765. The predicted octanol–water partition coefficient (Wildman–Crippen LogP) is 8.31. The summed E-state index contributed by atoms with van der Waals surface area (Å²) in [5.41, 5.74) is 0. The van der Waals surface area contributed by atoms with Crippen LogP contribution in [0.4, 0.5) is 0 Å². The monoisotopic (exact) mass is 564 g/mol. The minimum atomic E-state index is -0.982. The fourth-order valence-corrected chi connectivity index (χ4v) is 4.24. The van der Waals surface area contributed by atoms with E-state index in [1.165, 1.54) is 44.9 Å². The maximum Gasteiger partial charge on any atom is 0.305 e. The van der Waals surface area contributed by atoms with Gasteiger partial charge in [-0.2, -0.15) is 0 Å². The molecule has 40 heavy (non-hydrogen) atoms. The Labute approximate surface area is 245 Å². The number of allylic oxidation sites excluding steroid dienone is 4. The molecule has 0 rings (SSSR count).